The number of benzene rings is 1. The molecule has 2 aromatic rings. The maximum absolute atomic E-state index is 12.1. The van der Waals surface area contributed by atoms with Crippen LogP contribution in [0.25, 0.3) is 10.9 Å². The molecule has 0 spiro atoms. The number of hydrogen-bond acceptors (Lipinski definition) is 2. The highest BCUT2D eigenvalue weighted by atomic mass is 19.4. The molecule has 0 aliphatic carbocycles. The zero-order chi connectivity index (χ0) is 14.2. The summed E-state index contributed by atoms with van der Waals surface area (Å²) in [5.41, 5.74) is 1.64. The Bertz CT molecular complexity index is 631. The molecular weight excluding hydrogens is 263 g/mol. The summed E-state index contributed by atoms with van der Waals surface area (Å²) in [6, 6.07) is 3.79. The Hall–Kier alpha value is -2.18. The maximum atomic E-state index is 12.1. The molecule has 0 atom stereocenters. The van der Waals surface area contributed by atoms with Crippen LogP contribution >= 0.6 is 0 Å². The zero-order valence-electron chi connectivity index (χ0n) is 9.84. The van der Waals surface area contributed by atoms with E-state index in [9.17, 15) is 18.0 Å². The zero-order valence-corrected chi connectivity index (χ0v) is 9.84. The average Bonchev–Trinajstić information content (AvgIpc) is 2.53. The van der Waals surface area contributed by atoms with Gasteiger partial charge in [-0.2, -0.15) is 0 Å². The number of alkyl halides is 3. The van der Waals surface area contributed by atoms with Crippen LogP contribution in [0.15, 0.2) is 18.2 Å². The first-order valence-electron chi connectivity index (χ1n) is 5.35. The van der Waals surface area contributed by atoms with Gasteiger partial charge in [0.25, 0.3) is 0 Å². The molecule has 7 heteroatoms. The van der Waals surface area contributed by atoms with Crippen molar-refractivity contribution in [3.63, 3.8) is 0 Å². The highest BCUT2D eigenvalue weighted by molar-refractivity contribution is 5.89. The van der Waals surface area contributed by atoms with Crippen LogP contribution in [-0.2, 0) is 11.2 Å². The third-order valence-corrected chi connectivity index (χ3v) is 2.65. The smallest absolute Gasteiger partial charge is 0.481 e. The van der Waals surface area contributed by atoms with E-state index in [1.807, 2.05) is 0 Å². The van der Waals surface area contributed by atoms with Crippen molar-refractivity contribution in [3.8, 4) is 5.75 Å². The number of aromatic nitrogens is 1. The number of halogens is 3. The van der Waals surface area contributed by atoms with Crippen molar-refractivity contribution in [2.45, 2.75) is 19.7 Å². The molecule has 1 heterocycles. The number of carboxylic acids is 1. The van der Waals surface area contributed by atoms with Gasteiger partial charge in [-0.3, -0.25) is 4.79 Å². The molecule has 19 heavy (non-hydrogen) atoms. The normalized spacial score (nSPS) is 11.8. The number of fused-ring (bicyclic) bond motifs is 1. The van der Waals surface area contributed by atoms with Crippen molar-refractivity contribution < 1.29 is 27.8 Å². The lowest BCUT2D eigenvalue weighted by Crippen LogP contribution is -2.17. The molecule has 0 amide bonds. The van der Waals surface area contributed by atoms with Gasteiger partial charge in [0.2, 0.25) is 0 Å². The minimum absolute atomic E-state index is 0.263. The van der Waals surface area contributed by atoms with E-state index in [1.165, 1.54) is 18.2 Å². The molecule has 2 N–H and O–H groups in total. The predicted octanol–water partition coefficient (Wildman–Crippen LogP) is 3.00. The van der Waals surface area contributed by atoms with E-state index in [0.29, 0.717) is 22.2 Å². The number of aromatic amines is 1. The number of hydrogen-bond donors (Lipinski definition) is 2. The van der Waals surface area contributed by atoms with Crippen LogP contribution in [0, 0.1) is 6.92 Å². The SMILES string of the molecule is Cc1[nH]c2ccc(OC(F)(F)F)cc2c1CC(=O)O. The van der Waals surface area contributed by atoms with E-state index in [1.54, 1.807) is 6.92 Å². The molecule has 2 rings (SSSR count). The lowest BCUT2D eigenvalue weighted by atomic mass is 10.1. The molecule has 1 aromatic carbocycles. The summed E-state index contributed by atoms with van der Waals surface area (Å²) in [5, 5.41) is 9.22. The summed E-state index contributed by atoms with van der Waals surface area (Å²) >= 11 is 0. The Labute approximate surface area is 105 Å². The van der Waals surface area contributed by atoms with Gasteiger partial charge < -0.3 is 14.8 Å². The minimum atomic E-state index is -4.77. The fourth-order valence-corrected chi connectivity index (χ4v) is 1.94. The molecule has 0 fully saturated rings. The third kappa shape index (κ3) is 2.98. The molecule has 0 aliphatic rings. The molecule has 4 nitrogen and oxygen atoms in total. The predicted molar refractivity (Wildman–Crippen MR) is 61.1 cm³/mol. The molecule has 0 unspecified atom stereocenters. The van der Waals surface area contributed by atoms with Crippen LogP contribution in [0.3, 0.4) is 0 Å². The first-order chi connectivity index (χ1) is 8.76. The van der Waals surface area contributed by atoms with Gasteiger partial charge in [0, 0.05) is 16.6 Å². The molecule has 1 aromatic heterocycles. The molecule has 0 bridgehead atoms. The Balaban J connectivity index is 2.48. The summed E-state index contributed by atoms with van der Waals surface area (Å²) in [4.78, 5) is 13.7. The number of H-pyrrole nitrogens is 1. The van der Waals surface area contributed by atoms with Crippen LogP contribution in [-0.4, -0.2) is 22.4 Å². The van der Waals surface area contributed by atoms with E-state index in [-0.39, 0.29) is 12.2 Å². The summed E-state index contributed by atoms with van der Waals surface area (Å²) in [7, 11) is 0. The Morgan fingerprint density at radius 1 is 1.42 bits per heavy atom. The topological polar surface area (TPSA) is 62.3 Å². The number of ether oxygens (including phenoxy) is 1. The van der Waals surface area contributed by atoms with Crippen molar-refractivity contribution in [1.82, 2.24) is 4.98 Å². The number of aliphatic carboxylic acids is 1. The fourth-order valence-electron chi connectivity index (χ4n) is 1.94. The van der Waals surface area contributed by atoms with Crippen LogP contribution in [0.2, 0.25) is 0 Å². The molecule has 0 aliphatic heterocycles. The van der Waals surface area contributed by atoms with Gasteiger partial charge in [0.1, 0.15) is 5.75 Å². The van der Waals surface area contributed by atoms with Crippen LogP contribution < -0.4 is 4.74 Å². The fraction of sp³-hybridized carbons (Fsp3) is 0.250. The van der Waals surface area contributed by atoms with Crippen molar-refractivity contribution in [3.05, 3.63) is 29.5 Å². The summed E-state index contributed by atoms with van der Waals surface area (Å²) in [5.74, 6) is -1.42. The molecule has 0 radical (unpaired) electrons. The van der Waals surface area contributed by atoms with Gasteiger partial charge in [-0.05, 0) is 30.7 Å². The summed E-state index contributed by atoms with van der Waals surface area (Å²) in [6.07, 6.45) is -5.03. The van der Waals surface area contributed by atoms with Gasteiger partial charge in [0.15, 0.2) is 0 Å². The highest BCUT2D eigenvalue weighted by Crippen LogP contribution is 2.29. The number of carboxylic acid groups (broad SMARTS) is 1. The minimum Gasteiger partial charge on any atom is -0.481 e. The Morgan fingerprint density at radius 3 is 2.68 bits per heavy atom. The van der Waals surface area contributed by atoms with Gasteiger partial charge in [-0.15, -0.1) is 13.2 Å². The monoisotopic (exact) mass is 273 g/mol. The average molecular weight is 273 g/mol. The Kier molecular flexibility index (Phi) is 3.13. The van der Waals surface area contributed by atoms with E-state index >= 15 is 0 Å². The second-order valence-electron chi connectivity index (χ2n) is 4.05. The standard InChI is InChI=1S/C12H10F3NO3/c1-6-8(5-11(17)18)9-4-7(19-12(13,14)15)2-3-10(9)16-6/h2-4,16H,5H2,1H3,(H,17,18). The summed E-state index contributed by atoms with van der Waals surface area (Å²) < 4.78 is 40.2. The molecule has 102 valence electrons. The van der Waals surface area contributed by atoms with E-state index in [2.05, 4.69) is 9.72 Å². The molecular formula is C12H10F3NO3. The van der Waals surface area contributed by atoms with Crippen LogP contribution in [0.1, 0.15) is 11.3 Å². The quantitative estimate of drug-likeness (QED) is 0.903. The first kappa shape index (κ1) is 13.3. The highest BCUT2D eigenvalue weighted by Gasteiger charge is 2.31. The lowest BCUT2D eigenvalue weighted by Gasteiger charge is -2.08. The molecule has 0 saturated heterocycles. The largest absolute Gasteiger partial charge is 0.573 e. The summed E-state index contributed by atoms with van der Waals surface area (Å²) in [6.45, 7) is 1.67. The van der Waals surface area contributed by atoms with Crippen LogP contribution in [0.4, 0.5) is 13.2 Å². The lowest BCUT2D eigenvalue weighted by molar-refractivity contribution is -0.274. The second kappa shape index (κ2) is 4.49. The van der Waals surface area contributed by atoms with E-state index < -0.39 is 12.3 Å². The maximum Gasteiger partial charge on any atom is 0.573 e. The number of rotatable bonds is 3. The van der Waals surface area contributed by atoms with Crippen LogP contribution in [0.5, 0.6) is 5.75 Å². The van der Waals surface area contributed by atoms with Crippen molar-refractivity contribution in [2.75, 3.05) is 0 Å². The first-order valence-corrected chi connectivity index (χ1v) is 5.35. The van der Waals surface area contributed by atoms with Gasteiger partial charge in [0.05, 0.1) is 6.42 Å². The van der Waals surface area contributed by atoms with Gasteiger partial charge >= 0.3 is 12.3 Å². The number of carbonyl (C=O) groups is 1. The van der Waals surface area contributed by atoms with Gasteiger partial charge in [-0.25, -0.2) is 0 Å². The van der Waals surface area contributed by atoms with Crippen molar-refractivity contribution in [1.29, 1.82) is 0 Å². The van der Waals surface area contributed by atoms with Crippen molar-refractivity contribution >= 4 is 16.9 Å². The van der Waals surface area contributed by atoms with Gasteiger partial charge in [-0.1, -0.05) is 0 Å². The Morgan fingerprint density at radius 2 is 2.11 bits per heavy atom. The van der Waals surface area contributed by atoms with Crippen molar-refractivity contribution in [2.24, 2.45) is 0 Å². The number of aryl methyl sites for hydroxylation is 1. The van der Waals surface area contributed by atoms with E-state index in [0.717, 1.165) is 0 Å². The molecule has 0 saturated carbocycles. The van der Waals surface area contributed by atoms with E-state index in [4.69, 9.17) is 5.11 Å². The third-order valence-electron chi connectivity index (χ3n) is 2.65. The second-order valence-corrected chi connectivity index (χ2v) is 4.05. The number of nitrogens with one attached hydrogen (secondary N) is 1.